The highest BCUT2D eigenvalue weighted by Crippen LogP contribution is 2.24. The van der Waals surface area contributed by atoms with Crippen LogP contribution in [0.5, 0.6) is 0 Å². The minimum atomic E-state index is 0.162. The zero-order valence-electron chi connectivity index (χ0n) is 8.18. The van der Waals surface area contributed by atoms with Crippen molar-refractivity contribution < 1.29 is 4.79 Å². The molecule has 1 aliphatic carbocycles. The highest BCUT2D eigenvalue weighted by atomic mass is 35.5. The Labute approximate surface area is 85.0 Å². The summed E-state index contributed by atoms with van der Waals surface area (Å²) in [5.41, 5.74) is 0. The molecule has 1 unspecified atom stereocenters. The zero-order valence-corrected chi connectivity index (χ0v) is 8.94. The summed E-state index contributed by atoms with van der Waals surface area (Å²) < 4.78 is 0. The second-order valence-corrected chi connectivity index (χ2v) is 4.06. The van der Waals surface area contributed by atoms with E-state index in [1.807, 2.05) is 6.92 Å². The van der Waals surface area contributed by atoms with Gasteiger partial charge in [-0.2, -0.15) is 0 Å². The summed E-state index contributed by atoms with van der Waals surface area (Å²) in [6, 6.07) is 0.162. The number of alkyl halides is 1. The average molecular weight is 204 g/mol. The van der Waals surface area contributed by atoms with Crippen LogP contribution in [0.2, 0.25) is 0 Å². The summed E-state index contributed by atoms with van der Waals surface area (Å²) >= 11 is 5.70. The maximum absolute atomic E-state index is 11.6. The number of carbonyl (C=O) groups is 1. The van der Waals surface area contributed by atoms with Crippen molar-refractivity contribution >= 4 is 17.5 Å². The number of amides is 1. The molecule has 13 heavy (non-hydrogen) atoms. The van der Waals surface area contributed by atoms with E-state index in [-0.39, 0.29) is 17.9 Å². The molecule has 1 fully saturated rings. The molecule has 0 spiro atoms. The molecule has 0 aromatic rings. The highest BCUT2D eigenvalue weighted by molar-refractivity contribution is 6.18. The van der Waals surface area contributed by atoms with E-state index >= 15 is 0 Å². The van der Waals surface area contributed by atoms with Crippen LogP contribution in [0.25, 0.3) is 0 Å². The van der Waals surface area contributed by atoms with Crippen LogP contribution in [-0.2, 0) is 4.79 Å². The lowest BCUT2D eigenvalue weighted by Crippen LogP contribution is -2.38. The lowest BCUT2D eigenvalue weighted by molar-refractivity contribution is -0.125. The van der Waals surface area contributed by atoms with Crippen molar-refractivity contribution in [1.82, 2.24) is 5.32 Å². The number of carbonyl (C=O) groups excluding carboxylic acids is 1. The Morgan fingerprint density at radius 1 is 1.54 bits per heavy atom. The molecule has 0 aromatic carbocycles. The predicted octanol–water partition coefficient (Wildman–Crippen LogP) is 2.31. The molecule has 0 saturated heterocycles. The number of halogens is 1. The second kappa shape index (κ2) is 5.48. The van der Waals surface area contributed by atoms with Crippen molar-refractivity contribution in [2.45, 2.75) is 45.1 Å². The van der Waals surface area contributed by atoms with Gasteiger partial charge < -0.3 is 5.32 Å². The molecule has 0 aromatic heterocycles. The fourth-order valence-corrected chi connectivity index (χ4v) is 2.05. The van der Waals surface area contributed by atoms with Gasteiger partial charge in [0.05, 0.1) is 0 Å². The first-order valence-electron chi connectivity index (χ1n) is 5.14. The van der Waals surface area contributed by atoms with Crippen LogP contribution in [0.1, 0.15) is 39.0 Å². The van der Waals surface area contributed by atoms with Gasteiger partial charge in [0.1, 0.15) is 0 Å². The summed E-state index contributed by atoms with van der Waals surface area (Å²) in [6.07, 6.45) is 5.45. The number of hydrogen-bond acceptors (Lipinski definition) is 1. The van der Waals surface area contributed by atoms with Crippen molar-refractivity contribution in [3.05, 3.63) is 0 Å². The Kier molecular flexibility index (Phi) is 4.57. The summed E-state index contributed by atoms with van der Waals surface area (Å²) in [6.45, 7) is 2.04. The van der Waals surface area contributed by atoms with Crippen molar-refractivity contribution in [2.75, 3.05) is 5.88 Å². The summed E-state index contributed by atoms with van der Waals surface area (Å²) in [4.78, 5) is 11.6. The quantitative estimate of drug-likeness (QED) is 0.699. The molecule has 1 aliphatic rings. The maximum Gasteiger partial charge on any atom is 0.223 e. The fourth-order valence-electron chi connectivity index (χ4n) is 1.76. The third kappa shape index (κ3) is 3.18. The Balaban J connectivity index is 2.30. The van der Waals surface area contributed by atoms with Crippen LogP contribution in [-0.4, -0.2) is 17.8 Å². The van der Waals surface area contributed by atoms with Crippen molar-refractivity contribution in [3.63, 3.8) is 0 Å². The standard InChI is InChI=1S/C10H18ClNO/c1-2-9(7-11)12-10(13)8-5-3-4-6-8/h8-9H,2-7H2,1H3,(H,12,13). The number of rotatable bonds is 4. The van der Waals surface area contributed by atoms with Crippen molar-refractivity contribution in [2.24, 2.45) is 5.92 Å². The molecule has 0 bridgehead atoms. The molecule has 1 amide bonds. The first-order chi connectivity index (χ1) is 6.27. The first kappa shape index (κ1) is 10.8. The third-order valence-corrected chi connectivity index (χ3v) is 3.12. The average Bonchev–Trinajstić information content (AvgIpc) is 2.66. The van der Waals surface area contributed by atoms with E-state index in [9.17, 15) is 4.79 Å². The summed E-state index contributed by atoms with van der Waals surface area (Å²) in [5.74, 6) is 0.997. The van der Waals surface area contributed by atoms with Crippen molar-refractivity contribution in [1.29, 1.82) is 0 Å². The molecule has 0 radical (unpaired) electrons. The monoisotopic (exact) mass is 203 g/mol. The van der Waals surface area contributed by atoms with E-state index in [1.165, 1.54) is 12.8 Å². The van der Waals surface area contributed by atoms with Gasteiger partial charge in [0, 0.05) is 17.8 Å². The van der Waals surface area contributed by atoms with Crippen LogP contribution in [0, 0.1) is 5.92 Å². The summed E-state index contributed by atoms with van der Waals surface area (Å²) in [7, 11) is 0. The van der Waals surface area contributed by atoms with Gasteiger partial charge >= 0.3 is 0 Å². The predicted molar refractivity (Wildman–Crippen MR) is 54.9 cm³/mol. The molecule has 76 valence electrons. The lowest BCUT2D eigenvalue weighted by Gasteiger charge is -2.16. The summed E-state index contributed by atoms with van der Waals surface area (Å²) in [5, 5.41) is 2.99. The minimum Gasteiger partial charge on any atom is -0.352 e. The molecular weight excluding hydrogens is 186 g/mol. The molecule has 1 rings (SSSR count). The van der Waals surface area contributed by atoms with Gasteiger partial charge in [0.15, 0.2) is 0 Å². The Bertz CT molecular complexity index is 162. The molecule has 1 atom stereocenters. The van der Waals surface area contributed by atoms with Crippen LogP contribution in [0.3, 0.4) is 0 Å². The van der Waals surface area contributed by atoms with Crippen molar-refractivity contribution in [3.8, 4) is 0 Å². The maximum atomic E-state index is 11.6. The molecule has 2 nitrogen and oxygen atoms in total. The molecular formula is C10H18ClNO. The third-order valence-electron chi connectivity index (χ3n) is 2.75. The van der Waals surface area contributed by atoms with Crippen LogP contribution < -0.4 is 5.32 Å². The fraction of sp³-hybridized carbons (Fsp3) is 0.900. The molecule has 0 aliphatic heterocycles. The highest BCUT2D eigenvalue weighted by Gasteiger charge is 2.23. The molecule has 1 N–H and O–H groups in total. The van der Waals surface area contributed by atoms with E-state index in [4.69, 9.17) is 11.6 Å². The van der Waals surface area contributed by atoms with E-state index in [2.05, 4.69) is 5.32 Å². The SMILES string of the molecule is CCC(CCl)NC(=O)C1CCCC1. The van der Waals surface area contributed by atoms with Gasteiger partial charge in [-0.05, 0) is 19.3 Å². The van der Waals surface area contributed by atoms with Gasteiger partial charge in [-0.15, -0.1) is 11.6 Å². The number of nitrogens with one attached hydrogen (secondary N) is 1. The molecule has 0 heterocycles. The lowest BCUT2D eigenvalue weighted by atomic mass is 10.1. The second-order valence-electron chi connectivity index (χ2n) is 3.75. The Morgan fingerprint density at radius 2 is 2.15 bits per heavy atom. The van der Waals surface area contributed by atoms with Gasteiger partial charge in [0.2, 0.25) is 5.91 Å². The smallest absolute Gasteiger partial charge is 0.223 e. The Morgan fingerprint density at radius 3 is 2.62 bits per heavy atom. The van der Waals surface area contributed by atoms with Gasteiger partial charge in [-0.3, -0.25) is 4.79 Å². The van der Waals surface area contributed by atoms with Crippen LogP contribution in [0.4, 0.5) is 0 Å². The van der Waals surface area contributed by atoms with Gasteiger partial charge in [-0.1, -0.05) is 19.8 Å². The normalized spacial score (nSPS) is 20.2. The van der Waals surface area contributed by atoms with Crippen LogP contribution >= 0.6 is 11.6 Å². The van der Waals surface area contributed by atoms with E-state index in [1.54, 1.807) is 0 Å². The Hall–Kier alpha value is -0.240. The van der Waals surface area contributed by atoms with Gasteiger partial charge in [-0.25, -0.2) is 0 Å². The first-order valence-corrected chi connectivity index (χ1v) is 5.67. The minimum absolute atomic E-state index is 0.162. The number of hydrogen-bond donors (Lipinski definition) is 1. The van der Waals surface area contributed by atoms with Gasteiger partial charge in [0.25, 0.3) is 0 Å². The zero-order chi connectivity index (χ0) is 9.68. The van der Waals surface area contributed by atoms with E-state index < -0.39 is 0 Å². The topological polar surface area (TPSA) is 29.1 Å². The largest absolute Gasteiger partial charge is 0.352 e. The van der Waals surface area contributed by atoms with Crippen LogP contribution in [0.15, 0.2) is 0 Å². The van der Waals surface area contributed by atoms with E-state index in [0.29, 0.717) is 5.88 Å². The molecule has 1 saturated carbocycles. The van der Waals surface area contributed by atoms with E-state index in [0.717, 1.165) is 19.3 Å². The molecule has 3 heteroatoms.